The highest BCUT2D eigenvalue weighted by atomic mass is 35.5. The molecule has 1 saturated carbocycles. The van der Waals surface area contributed by atoms with Gasteiger partial charge in [-0.3, -0.25) is 0 Å². The largest absolute Gasteiger partial charge is 0.485 e. The molecule has 3 heterocycles. The lowest BCUT2D eigenvalue weighted by Gasteiger charge is -2.05. The van der Waals surface area contributed by atoms with E-state index in [-0.39, 0.29) is 16.7 Å². The second-order valence-electron chi connectivity index (χ2n) is 6.15. The number of halogens is 1. The Kier molecular flexibility index (Phi) is 3.88. The third-order valence-corrected chi connectivity index (χ3v) is 5.31. The Balaban J connectivity index is 1.69. The molecule has 0 saturated heterocycles. The molecular weight excluding hydrogens is 364 g/mol. The second-order valence-corrected chi connectivity index (χ2v) is 8.52. The molecule has 3 aromatic heterocycles. The summed E-state index contributed by atoms with van der Waals surface area (Å²) in [5.41, 5.74) is 2.06. The first-order valence-corrected chi connectivity index (χ1v) is 10.00. The predicted octanol–water partition coefficient (Wildman–Crippen LogP) is 2.64. The highest BCUT2D eigenvalue weighted by Crippen LogP contribution is 2.41. The van der Waals surface area contributed by atoms with Crippen molar-refractivity contribution in [3.8, 4) is 5.75 Å². The van der Waals surface area contributed by atoms with Crippen LogP contribution < -0.4 is 4.74 Å². The van der Waals surface area contributed by atoms with E-state index in [1.807, 2.05) is 6.20 Å². The molecule has 0 unspecified atom stereocenters. The van der Waals surface area contributed by atoms with Gasteiger partial charge in [-0.25, -0.2) is 13.4 Å². The molecule has 130 valence electrons. The average molecular weight is 379 g/mol. The molecule has 0 aliphatic heterocycles. The van der Waals surface area contributed by atoms with Crippen molar-refractivity contribution in [1.29, 1.82) is 0 Å². The number of hydrogen-bond donors (Lipinski definition) is 0. The first-order chi connectivity index (χ1) is 11.9. The number of imidazole rings is 1. The SMILES string of the molecule is CS(=O)(=O)c1cc(C2CC2)cn2cc(COc3cnnc(Cl)c3)nc12. The third-order valence-electron chi connectivity index (χ3n) is 4.02. The van der Waals surface area contributed by atoms with E-state index in [2.05, 4.69) is 15.2 Å². The third kappa shape index (κ3) is 3.45. The summed E-state index contributed by atoms with van der Waals surface area (Å²) in [6.45, 7) is 0.172. The summed E-state index contributed by atoms with van der Waals surface area (Å²) in [6.07, 6.45) is 8.57. The van der Waals surface area contributed by atoms with E-state index < -0.39 is 9.84 Å². The van der Waals surface area contributed by atoms with E-state index in [1.54, 1.807) is 22.7 Å². The van der Waals surface area contributed by atoms with Gasteiger partial charge in [-0.1, -0.05) is 11.6 Å². The zero-order valence-electron chi connectivity index (χ0n) is 13.4. The lowest BCUT2D eigenvalue weighted by atomic mass is 10.2. The predicted molar refractivity (Wildman–Crippen MR) is 91.7 cm³/mol. The van der Waals surface area contributed by atoms with Gasteiger partial charge in [-0.2, -0.15) is 5.10 Å². The first kappa shape index (κ1) is 16.3. The van der Waals surface area contributed by atoms with Crippen molar-refractivity contribution < 1.29 is 13.2 Å². The van der Waals surface area contributed by atoms with Gasteiger partial charge in [0.2, 0.25) is 0 Å². The Bertz CT molecular complexity index is 1060. The number of aromatic nitrogens is 4. The van der Waals surface area contributed by atoms with E-state index in [1.165, 1.54) is 12.5 Å². The fourth-order valence-corrected chi connectivity index (χ4v) is 3.67. The monoisotopic (exact) mass is 378 g/mol. The van der Waals surface area contributed by atoms with Crippen LogP contribution in [0.3, 0.4) is 0 Å². The molecule has 0 aromatic carbocycles. The van der Waals surface area contributed by atoms with Crippen LogP contribution in [0.1, 0.15) is 30.0 Å². The highest BCUT2D eigenvalue weighted by Gasteiger charge is 2.27. The molecule has 4 rings (SSSR count). The Hall–Kier alpha value is -2.19. The van der Waals surface area contributed by atoms with Crippen molar-refractivity contribution in [3.05, 3.63) is 47.1 Å². The topological polar surface area (TPSA) is 86.5 Å². The molecule has 7 nitrogen and oxygen atoms in total. The number of rotatable bonds is 5. The van der Waals surface area contributed by atoms with Crippen LogP contribution in [-0.4, -0.2) is 34.3 Å². The Labute approximate surface area is 149 Å². The lowest BCUT2D eigenvalue weighted by molar-refractivity contribution is 0.300. The molecule has 0 N–H and O–H groups in total. The van der Waals surface area contributed by atoms with Gasteiger partial charge in [0, 0.05) is 24.7 Å². The van der Waals surface area contributed by atoms with Crippen LogP contribution in [0.5, 0.6) is 5.75 Å². The van der Waals surface area contributed by atoms with Crippen LogP contribution in [-0.2, 0) is 16.4 Å². The molecule has 1 aliphatic carbocycles. The Morgan fingerprint density at radius 1 is 1.32 bits per heavy atom. The maximum absolute atomic E-state index is 12.2. The normalized spacial score (nSPS) is 14.8. The average Bonchev–Trinajstić information content (AvgIpc) is 3.31. The number of ether oxygens (including phenoxy) is 1. The number of nitrogens with zero attached hydrogens (tertiary/aromatic N) is 4. The van der Waals surface area contributed by atoms with E-state index in [0.717, 1.165) is 18.4 Å². The van der Waals surface area contributed by atoms with E-state index in [4.69, 9.17) is 16.3 Å². The van der Waals surface area contributed by atoms with Crippen LogP contribution in [0.4, 0.5) is 0 Å². The maximum atomic E-state index is 12.2. The van der Waals surface area contributed by atoms with Crippen molar-refractivity contribution in [2.24, 2.45) is 0 Å². The lowest BCUT2D eigenvalue weighted by Crippen LogP contribution is -2.02. The van der Waals surface area contributed by atoms with Gasteiger partial charge < -0.3 is 9.14 Å². The Morgan fingerprint density at radius 3 is 2.80 bits per heavy atom. The fraction of sp³-hybridized carbons (Fsp3) is 0.312. The molecule has 1 fully saturated rings. The highest BCUT2D eigenvalue weighted by molar-refractivity contribution is 7.91. The van der Waals surface area contributed by atoms with Gasteiger partial charge in [0.15, 0.2) is 20.6 Å². The van der Waals surface area contributed by atoms with Crippen molar-refractivity contribution in [2.75, 3.05) is 6.26 Å². The molecule has 0 amide bonds. The van der Waals surface area contributed by atoms with Crippen LogP contribution in [0.25, 0.3) is 5.65 Å². The standard InChI is InChI=1S/C16H15ClN4O3S/c1-25(22,23)14-4-11(10-2-3-10)7-21-8-12(19-16(14)21)9-24-13-5-15(17)20-18-6-13/h4-8,10H,2-3,9H2,1H3. The van der Waals surface area contributed by atoms with Crippen LogP contribution in [0.2, 0.25) is 5.15 Å². The van der Waals surface area contributed by atoms with Gasteiger partial charge in [0.05, 0.1) is 11.9 Å². The van der Waals surface area contributed by atoms with Crippen LogP contribution in [0, 0.1) is 0 Å². The number of pyridine rings is 1. The van der Waals surface area contributed by atoms with Gasteiger partial charge >= 0.3 is 0 Å². The summed E-state index contributed by atoms with van der Waals surface area (Å²) in [5.74, 6) is 0.913. The van der Waals surface area contributed by atoms with Crippen molar-refractivity contribution in [2.45, 2.75) is 30.3 Å². The van der Waals surface area contributed by atoms with Crippen molar-refractivity contribution in [1.82, 2.24) is 19.6 Å². The fourth-order valence-electron chi connectivity index (χ4n) is 2.68. The van der Waals surface area contributed by atoms with Crippen molar-refractivity contribution >= 4 is 27.1 Å². The summed E-state index contributed by atoms with van der Waals surface area (Å²) in [5, 5.41) is 7.60. The molecule has 0 radical (unpaired) electrons. The summed E-state index contributed by atoms with van der Waals surface area (Å²) in [7, 11) is -3.38. The van der Waals surface area contributed by atoms with Gasteiger partial charge in [-0.15, -0.1) is 5.10 Å². The van der Waals surface area contributed by atoms with Crippen molar-refractivity contribution in [3.63, 3.8) is 0 Å². The van der Waals surface area contributed by atoms with Gasteiger partial charge in [0.1, 0.15) is 17.3 Å². The molecule has 3 aromatic rings. The van der Waals surface area contributed by atoms with E-state index in [9.17, 15) is 8.42 Å². The molecule has 25 heavy (non-hydrogen) atoms. The zero-order valence-corrected chi connectivity index (χ0v) is 15.0. The summed E-state index contributed by atoms with van der Waals surface area (Å²) in [4.78, 5) is 4.67. The molecule has 0 atom stereocenters. The maximum Gasteiger partial charge on any atom is 0.179 e. The minimum Gasteiger partial charge on any atom is -0.485 e. The summed E-state index contributed by atoms with van der Waals surface area (Å²) >= 11 is 5.77. The minimum atomic E-state index is -3.38. The molecule has 1 aliphatic rings. The molecule has 0 spiro atoms. The first-order valence-electron chi connectivity index (χ1n) is 7.73. The van der Waals surface area contributed by atoms with Crippen LogP contribution in [0.15, 0.2) is 35.6 Å². The number of hydrogen-bond acceptors (Lipinski definition) is 6. The second kappa shape index (κ2) is 5.96. The molecule has 0 bridgehead atoms. The van der Waals surface area contributed by atoms with Crippen LogP contribution >= 0.6 is 11.6 Å². The quantitative estimate of drug-likeness (QED) is 0.678. The zero-order chi connectivity index (χ0) is 17.6. The summed E-state index contributed by atoms with van der Waals surface area (Å²) in [6, 6.07) is 3.30. The molecule has 9 heteroatoms. The number of fused-ring (bicyclic) bond motifs is 1. The summed E-state index contributed by atoms with van der Waals surface area (Å²) < 4.78 is 31.7. The van der Waals surface area contributed by atoms with Gasteiger partial charge in [-0.05, 0) is 30.4 Å². The van der Waals surface area contributed by atoms with Gasteiger partial charge in [0.25, 0.3) is 0 Å². The smallest absolute Gasteiger partial charge is 0.179 e. The van der Waals surface area contributed by atoms with E-state index >= 15 is 0 Å². The Morgan fingerprint density at radius 2 is 2.12 bits per heavy atom. The minimum absolute atomic E-state index is 0.172. The van der Waals surface area contributed by atoms with E-state index in [0.29, 0.717) is 23.0 Å². The number of sulfone groups is 1. The molecular formula is C16H15ClN4O3S.